The Morgan fingerprint density at radius 3 is 2.68 bits per heavy atom. The van der Waals surface area contributed by atoms with Crippen molar-refractivity contribution in [2.45, 2.75) is 40.0 Å². The molecule has 0 aliphatic rings. The first kappa shape index (κ1) is 13.6. The van der Waals surface area contributed by atoms with E-state index in [1.165, 1.54) is 0 Å². The second-order valence-corrected chi connectivity index (χ2v) is 4.96. The number of furan rings is 1. The van der Waals surface area contributed by atoms with Gasteiger partial charge in [0.25, 0.3) is 0 Å². The van der Waals surface area contributed by atoms with E-state index in [0.29, 0.717) is 0 Å². The first-order valence-corrected chi connectivity index (χ1v) is 6.79. The molecule has 4 heteroatoms. The van der Waals surface area contributed by atoms with Crippen molar-refractivity contribution in [2.24, 2.45) is 0 Å². The molecule has 1 N–H and O–H groups in total. The van der Waals surface area contributed by atoms with Crippen molar-refractivity contribution in [3.8, 4) is 11.5 Å². The van der Waals surface area contributed by atoms with E-state index in [2.05, 4.69) is 36.1 Å². The second kappa shape index (κ2) is 5.87. The van der Waals surface area contributed by atoms with E-state index in [9.17, 15) is 0 Å². The topological polar surface area (TPSA) is 51.0 Å². The molecule has 0 aliphatic carbocycles. The predicted octanol–water partition coefficient (Wildman–Crippen LogP) is 3.99. The van der Waals surface area contributed by atoms with Crippen molar-refractivity contribution in [3.63, 3.8) is 0 Å². The summed E-state index contributed by atoms with van der Waals surface area (Å²) in [4.78, 5) is 9.25. The minimum Gasteiger partial charge on any atom is -0.463 e. The molecule has 4 nitrogen and oxygen atoms in total. The van der Waals surface area contributed by atoms with Gasteiger partial charge >= 0.3 is 0 Å². The van der Waals surface area contributed by atoms with Crippen LogP contribution in [0.3, 0.4) is 0 Å². The predicted molar refractivity (Wildman–Crippen MR) is 77.3 cm³/mol. The maximum absolute atomic E-state index is 5.48. The van der Waals surface area contributed by atoms with E-state index in [-0.39, 0.29) is 5.92 Å². The van der Waals surface area contributed by atoms with Crippen molar-refractivity contribution in [1.29, 1.82) is 0 Å². The van der Waals surface area contributed by atoms with Gasteiger partial charge in [-0.25, -0.2) is 9.97 Å². The van der Waals surface area contributed by atoms with Crippen LogP contribution in [0, 0.1) is 6.92 Å². The molecule has 0 saturated carbocycles. The van der Waals surface area contributed by atoms with Crippen molar-refractivity contribution in [3.05, 3.63) is 29.8 Å². The molecule has 0 unspecified atom stereocenters. The maximum atomic E-state index is 5.48. The largest absolute Gasteiger partial charge is 0.463 e. The molecule has 0 spiro atoms. The fraction of sp³-hybridized carbons (Fsp3) is 0.467. The fourth-order valence-electron chi connectivity index (χ4n) is 1.86. The van der Waals surface area contributed by atoms with Gasteiger partial charge in [0.1, 0.15) is 17.3 Å². The zero-order chi connectivity index (χ0) is 13.8. The molecule has 2 heterocycles. The molecule has 2 aromatic rings. The third kappa shape index (κ3) is 2.95. The van der Waals surface area contributed by atoms with Crippen LogP contribution in [0.5, 0.6) is 0 Å². The molecule has 2 aromatic heterocycles. The van der Waals surface area contributed by atoms with Crippen LogP contribution in [0.1, 0.15) is 44.5 Å². The molecule has 2 rings (SSSR count). The number of aromatic nitrogens is 2. The summed E-state index contributed by atoms with van der Waals surface area (Å²) in [5.41, 5.74) is 1.91. The average molecular weight is 259 g/mol. The number of hydrogen-bond acceptors (Lipinski definition) is 4. The van der Waals surface area contributed by atoms with Gasteiger partial charge in [-0.2, -0.15) is 0 Å². The van der Waals surface area contributed by atoms with Crippen LogP contribution in [0.15, 0.2) is 22.8 Å². The van der Waals surface area contributed by atoms with E-state index >= 15 is 0 Å². The smallest absolute Gasteiger partial charge is 0.152 e. The fourth-order valence-corrected chi connectivity index (χ4v) is 1.86. The lowest BCUT2D eigenvalue weighted by Gasteiger charge is -2.14. The van der Waals surface area contributed by atoms with Gasteiger partial charge in [0, 0.05) is 18.0 Å². The molecule has 0 fully saturated rings. The van der Waals surface area contributed by atoms with E-state index in [1.54, 1.807) is 6.26 Å². The summed E-state index contributed by atoms with van der Waals surface area (Å²) in [5, 5.41) is 3.37. The highest BCUT2D eigenvalue weighted by molar-refractivity contribution is 5.64. The van der Waals surface area contributed by atoms with Crippen molar-refractivity contribution in [1.82, 2.24) is 9.97 Å². The van der Waals surface area contributed by atoms with Gasteiger partial charge in [0.15, 0.2) is 5.76 Å². The lowest BCUT2D eigenvalue weighted by atomic mass is 10.1. The Bertz CT molecular complexity index is 533. The van der Waals surface area contributed by atoms with Crippen molar-refractivity contribution in [2.75, 3.05) is 11.9 Å². The summed E-state index contributed by atoms with van der Waals surface area (Å²) in [6, 6.07) is 3.81. The molecule has 0 aliphatic heterocycles. The summed E-state index contributed by atoms with van der Waals surface area (Å²) >= 11 is 0. The Kier molecular flexibility index (Phi) is 4.20. The monoisotopic (exact) mass is 259 g/mol. The standard InChI is InChI=1S/C15H21N3O/c1-5-8-16-15-11(4)13(12-7-6-9-19-12)17-14(18-15)10(2)3/h6-7,9-10H,5,8H2,1-4H3,(H,16,17,18). The van der Waals surface area contributed by atoms with Crippen LogP contribution in [-0.4, -0.2) is 16.5 Å². The number of rotatable bonds is 5. The molecule has 102 valence electrons. The maximum Gasteiger partial charge on any atom is 0.152 e. The van der Waals surface area contributed by atoms with Gasteiger partial charge in [0.2, 0.25) is 0 Å². The van der Waals surface area contributed by atoms with E-state index in [0.717, 1.165) is 41.6 Å². The normalized spacial score (nSPS) is 11.0. The molecule has 0 amide bonds. The molecule has 0 radical (unpaired) electrons. The van der Waals surface area contributed by atoms with Gasteiger partial charge < -0.3 is 9.73 Å². The van der Waals surface area contributed by atoms with E-state index < -0.39 is 0 Å². The third-order valence-corrected chi connectivity index (χ3v) is 2.98. The van der Waals surface area contributed by atoms with Gasteiger partial charge in [-0.05, 0) is 25.5 Å². The zero-order valence-corrected chi connectivity index (χ0v) is 12.0. The average Bonchev–Trinajstić information content (AvgIpc) is 2.91. The minimum absolute atomic E-state index is 0.288. The highest BCUT2D eigenvalue weighted by atomic mass is 16.3. The second-order valence-electron chi connectivity index (χ2n) is 4.96. The molecule has 0 atom stereocenters. The van der Waals surface area contributed by atoms with Gasteiger partial charge in [-0.15, -0.1) is 0 Å². The minimum atomic E-state index is 0.288. The number of nitrogens with one attached hydrogen (secondary N) is 1. The summed E-state index contributed by atoms with van der Waals surface area (Å²) in [7, 11) is 0. The highest BCUT2D eigenvalue weighted by Gasteiger charge is 2.15. The first-order valence-electron chi connectivity index (χ1n) is 6.79. The molecule has 0 saturated heterocycles. The summed E-state index contributed by atoms with van der Waals surface area (Å²) < 4.78 is 5.48. The lowest BCUT2D eigenvalue weighted by molar-refractivity contribution is 0.578. The molecule has 19 heavy (non-hydrogen) atoms. The quantitative estimate of drug-likeness (QED) is 0.882. The number of nitrogens with zero attached hydrogens (tertiary/aromatic N) is 2. The summed E-state index contributed by atoms with van der Waals surface area (Å²) in [6.07, 6.45) is 2.74. The Labute approximate surface area is 114 Å². The SMILES string of the molecule is CCCNc1nc(C(C)C)nc(-c2ccco2)c1C. The first-order chi connectivity index (χ1) is 9.13. The number of anilines is 1. The molecular weight excluding hydrogens is 238 g/mol. The van der Waals surface area contributed by atoms with E-state index in [4.69, 9.17) is 4.42 Å². The Morgan fingerprint density at radius 2 is 2.11 bits per heavy atom. The highest BCUT2D eigenvalue weighted by Crippen LogP contribution is 2.27. The Morgan fingerprint density at radius 1 is 1.32 bits per heavy atom. The Hall–Kier alpha value is -1.84. The van der Waals surface area contributed by atoms with Gasteiger partial charge in [0.05, 0.1) is 6.26 Å². The van der Waals surface area contributed by atoms with Crippen LogP contribution < -0.4 is 5.32 Å². The van der Waals surface area contributed by atoms with Crippen molar-refractivity contribution >= 4 is 5.82 Å². The lowest BCUT2D eigenvalue weighted by Crippen LogP contribution is -2.09. The number of hydrogen-bond donors (Lipinski definition) is 1. The Balaban J connectivity index is 2.49. The van der Waals surface area contributed by atoms with Crippen LogP contribution in [0.4, 0.5) is 5.82 Å². The molecule has 0 bridgehead atoms. The zero-order valence-electron chi connectivity index (χ0n) is 12.0. The van der Waals surface area contributed by atoms with Gasteiger partial charge in [-0.3, -0.25) is 0 Å². The third-order valence-electron chi connectivity index (χ3n) is 2.98. The van der Waals surface area contributed by atoms with E-state index in [1.807, 2.05) is 19.1 Å². The van der Waals surface area contributed by atoms with Crippen molar-refractivity contribution < 1.29 is 4.42 Å². The van der Waals surface area contributed by atoms with Crippen LogP contribution in [0.25, 0.3) is 11.5 Å². The molecule has 0 aromatic carbocycles. The summed E-state index contributed by atoms with van der Waals surface area (Å²) in [6.45, 7) is 9.27. The molecular formula is C15H21N3O. The van der Waals surface area contributed by atoms with Crippen LogP contribution in [-0.2, 0) is 0 Å². The van der Waals surface area contributed by atoms with Crippen LogP contribution in [0.2, 0.25) is 0 Å². The summed E-state index contributed by atoms with van der Waals surface area (Å²) in [5.74, 6) is 2.83. The van der Waals surface area contributed by atoms with Crippen LogP contribution >= 0.6 is 0 Å². The van der Waals surface area contributed by atoms with Gasteiger partial charge in [-0.1, -0.05) is 20.8 Å².